The van der Waals surface area contributed by atoms with Crippen LogP contribution in [0.5, 0.6) is 0 Å². The Kier molecular flexibility index (Phi) is 7.00. The van der Waals surface area contributed by atoms with E-state index in [1.54, 1.807) is 7.05 Å². The predicted octanol–water partition coefficient (Wildman–Crippen LogP) is 3.84. The van der Waals surface area contributed by atoms with Gasteiger partial charge in [-0.3, -0.25) is 0 Å². The van der Waals surface area contributed by atoms with Gasteiger partial charge in [-0.1, -0.05) is 35.7 Å². The SMILES string of the molecule is CCCCC(Br)OC1CCC(N(C)C(=O)O)CC1. The molecule has 1 atom stereocenters. The summed E-state index contributed by atoms with van der Waals surface area (Å²) in [6.07, 6.45) is 6.57. The van der Waals surface area contributed by atoms with Crippen molar-refractivity contribution in [3.8, 4) is 0 Å². The first-order chi connectivity index (χ1) is 8.54. The lowest BCUT2D eigenvalue weighted by atomic mass is 9.92. The lowest BCUT2D eigenvalue weighted by Gasteiger charge is -2.33. The van der Waals surface area contributed by atoms with E-state index in [0.29, 0.717) is 0 Å². The molecular weight excluding hydrogens is 298 g/mol. The van der Waals surface area contributed by atoms with Gasteiger partial charge in [0.15, 0.2) is 0 Å². The number of rotatable bonds is 6. The second-order valence-electron chi connectivity index (χ2n) is 5.01. The number of hydrogen-bond acceptors (Lipinski definition) is 2. The van der Waals surface area contributed by atoms with Gasteiger partial charge in [-0.25, -0.2) is 4.79 Å². The first-order valence-electron chi connectivity index (χ1n) is 6.79. The maximum Gasteiger partial charge on any atom is 0.407 e. The van der Waals surface area contributed by atoms with Crippen LogP contribution in [0.25, 0.3) is 0 Å². The van der Waals surface area contributed by atoms with Crippen LogP contribution in [0, 0.1) is 0 Å². The summed E-state index contributed by atoms with van der Waals surface area (Å²) in [6.45, 7) is 2.17. The van der Waals surface area contributed by atoms with Crippen molar-refractivity contribution in [2.24, 2.45) is 0 Å². The molecule has 1 N–H and O–H groups in total. The van der Waals surface area contributed by atoms with Gasteiger partial charge in [0.2, 0.25) is 0 Å². The van der Waals surface area contributed by atoms with Crippen molar-refractivity contribution in [3.63, 3.8) is 0 Å². The van der Waals surface area contributed by atoms with Crippen molar-refractivity contribution in [2.45, 2.75) is 69.0 Å². The first-order valence-corrected chi connectivity index (χ1v) is 7.71. The fraction of sp³-hybridized carbons (Fsp3) is 0.923. The summed E-state index contributed by atoms with van der Waals surface area (Å²) in [7, 11) is 1.66. The number of carbonyl (C=O) groups is 1. The molecule has 0 aromatic heterocycles. The minimum absolute atomic E-state index is 0.149. The molecule has 0 heterocycles. The van der Waals surface area contributed by atoms with E-state index in [0.717, 1.165) is 32.1 Å². The number of nitrogens with zero attached hydrogens (tertiary/aromatic N) is 1. The average molecular weight is 322 g/mol. The minimum Gasteiger partial charge on any atom is -0.465 e. The maximum atomic E-state index is 10.9. The molecule has 0 bridgehead atoms. The van der Waals surface area contributed by atoms with E-state index in [-0.39, 0.29) is 17.2 Å². The number of amides is 1. The normalized spacial score (nSPS) is 25.7. The average Bonchev–Trinajstić information content (AvgIpc) is 2.36. The van der Waals surface area contributed by atoms with Crippen molar-refractivity contribution in [3.05, 3.63) is 0 Å². The molecule has 1 saturated carbocycles. The Morgan fingerprint density at radius 1 is 1.44 bits per heavy atom. The van der Waals surface area contributed by atoms with Gasteiger partial charge in [-0.2, -0.15) is 0 Å². The van der Waals surface area contributed by atoms with E-state index >= 15 is 0 Å². The molecule has 1 aliphatic carbocycles. The molecule has 4 nitrogen and oxygen atoms in total. The van der Waals surface area contributed by atoms with E-state index in [9.17, 15) is 4.79 Å². The van der Waals surface area contributed by atoms with Crippen molar-refractivity contribution in [1.82, 2.24) is 4.90 Å². The Morgan fingerprint density at radius 3 is 2.56 bits per heavy atom. The van der Waals surface area contributed by atoms with Crippen LogP contribution < -0.4 is 0 Å². The van der Waals surface area contributed by atoms with Gasteiger partial charge < -0.3 is 14.7 Å². The topological polar surface area (TPSA) is 49.8 Å². The summed E-state index contributed by atoms with van der Waals surface area (Å²) in [5, 5.41) is 9.08. The van der Waals surface area contributed by atoms with E-state index in [2.05, 4.69) is 22.9 Å². The van der Waals surface area contributed by atoms with E-state index in [1.807, 2.05) is 0 Å². The Hall–Kier alpha value is -0.290. The highest BCUT2D eigenvalue weighted by atomic mass is 79.9. The second kappa shape index (κ2) is 8.00. The number of hydrogen-bond donors (Lipinski definition) is 1. The number of unbranched alkanes of at least 4 members (excludes halogenated alkanes) is 1. The largest absolute Gasteiger partial charge is 0.465 e. The standard InChI is InChI=1S/C13H24BrNO3/c1-3-4-5-12(14)18-11-8-6-10(7-9-11)15(2)13(16)17/h10-12H,3-9H2,1-2H3,(H,16,17). The van der Waals surface area contributed by atoms with E-state index in [4.69, 9.17) is 9.84 Å². The van der Waals surface area contributed by atoms with Crippen molar-refractivity contribution in [2.75, 3.05) is 7.05 Å². The Bertz CT molecular complexity index is 255. The lowest BCUT2D eigenvalue weighted by molar-refractivity contribution is -0.00228. The highest BCUT2D eigenvalue weighted by Crippen LogP contribution is 2.27. The van der Waals surface area contributed by atoms with Crippen LogP contribution in [0.3, 0.4) is 0 Å². The lowest BCUT2D eigenvalue weighted by Crippen LogP contribution is -2.40. The Morgan fingerprint density at radius 2 is 2.06 bits per heavy atom. The summed E-state index contributed by atoms with van der Waals surface area (Å²) in [4.78, 5) is 12.3. The summed E-state index contributed by atoms with van der Waals surface area (Å²) in [6, 6.07) is 0.159. The van der Waals surface area contributed by atoms with Crippen LogP contribution in [-0.4, -0.2) is 40.3 Å². The molecule has 18 heavy (non-hydrogen) atoms. The molecular formula is C13H24BrNO3. The predicted molar refractivity (Wildman–Crippen MR) is 75.2 cm³/mol. The van der Waals surface area contributed by atoms with Gasteiger partial charge in [0.05, 0.1) is 6.10 Å². The first kappa shape index (κ1) is 15.8. The van der Waals surface area contributed by atoms with E-state index in [1.165, 1.54) is 17.7 Å². The molecule has 1 amide bonds. The number of carboxylic acid groups (broad SMARTS) is 1. The molecule has 0 aromatic rings. The monoisotopic (exact) mass is 321 g/mol. The van der Waals surface area contributed by atoms with Crippen molar-refractivity contribution in [1.29, 1.82) is 0 Å². The van der Waals surface area contributed by atoms with Crippen molar-refractivity contribution < 1.29 is 14.6 Å². The Balaban J connectivity index is 2.24. The van der Waals surface area contributed by atoms with Crippen LogP contribution in [0.4, 0.5) is 4.79 Å². The summed E-state index contributed by atoms with van der Waals surface area (Å²) in [5.41, 5.74) is 0. The second-order valence-corrected chi connectivity index (χ2v) is 6.03. The van der Waals surface area contributed by atoms with Crippen LogP contribution in [0.15, 0.2) is 0 Å². The summed E-state index contributed by atoms with van der Waals surface area (Å²) < 4.78 is 5.93. The zero-order valence-electron chi connectivity index (χ0n) is 11.3. The molecule has 5 heteroatoms. The zero-order chi connectivity index (χ0) is 13.5. The minimum atomic E-state index is -0.833. The number of alkyl halides is 1. The molecule has 0 aromatic carbocycles. The molecule has 0 aliphatic heterocycles. The molecule has 106 valence electrons. The van der Waals surface area contributed by atoms with Gasteiger partial charge in [0, 0.05) is 13.1 Å². The molecule has 1 unspecified atom stereocenters. The van der Waals surface area contributed by atoms with Gasteiger partial charge in [-0.05, 0) is 32.1 Å². The van der Waals surface area contributed by atoms with Gasteiger partial charge in [0.1, 0.15) is 5.01 Å². The van der Waals surface area contributed by atoms with Crippen LogP contribution in [-0.2, 0) is 4.74 Å². The molecule has 1 aliphatic rings. The number of halogens is 1. The third kappa shape index (κ3) is 5.14. The third-order valence-electron chi connectivity index (χ3n) is 3.62. The Labute approximate surface area is 118 Å². The smallest absolute Gasteiger partial charge is 0.407 e. The quantitative estimate of drug-likeness (QED) is 0.756. The van der Waals surface area contributed by atoms with E-state index < -0.39 is 6.09 Å². The maximum absolute atomic E-state index is 10.9. The number of ether oxygens (including phenoxy) is 1. The van der Waals surface area contributed by atoms with Crippen molar-refractivity contribution >= 4 is 22.0 Å². The van der Waals surface area contributed by atoms with Crippen LogP contribution in [0.1, 0.15) is 51.9 Å². The molecule has 1 rings (SSSR count). The molecule has 0 spiro atoms. The van der Waals surface area contributed by atoms with Crippen LogP contribution in [0.2, 0.25) is 0 Å². The highest BCUT2D eigenvalue weighted by Gasteiger charge is 2.27. The van der Waals surface area contributed by atoms with Gasteiger partial charge in [-0.15, -0.1) is 0 Å². The molecule has 1 fully saturated rings. The molecule has 0 saturated heterocycles. The fourth-order valence-electron chi connectivity index (χ4n) is 2.37. The van der Waals surface area contributed by atoms with Gasteiger partial charge in [0.25, 0.3) is 0 Å². The van der Waals surface area contributed by atoms with Crippen LogP contribution >= 0.6 is 15.9 Å². The third-order valence-corrected chi connectivity index (χ3v) is 4.29. The molecule has 0 radical (unpaired) electrons. The summed E-state index contributed by atoms with van der Waals surface area (Å²) >= 11 is 3.55. The van der Waals surface area contributed by atoms with Gasteiger partial charge >= 0.3 is 6.09 Å². The highest BCUT2D eigenvalue weighted by molar-refractivity contribution is 9.09. The fourth-order valence-corrected chi connectivity index (χ4v) is 3.00. The zero-order valence-corrected chi connectivity index (χ0v) is 12.9. The summed E-state index contributed by atoms with van der Waals surface area (Å²) in [5.74, 6) is 0.